The van der Waals surface area contributed by atoms with E-state index in [-0.39, 0.29) is 34.2 Å². The maximum absolute atomic E-state index is 14.5. The Morgan fingerprint density at radius 1 is 0.692 bits per heavy atom. The highest BCUT2D eigenvalue weighted by Gasteiger charge is 2.30. The van der Waals surface area contributed by atoms with Crippen LogP contribution >= 0.6 is 31.9 Å². The zero-order valence-electron chi connectivity index (χ0n) is 31.5. The van der Waals surface area contributed by atoms with Crippen molar-refractivity contribution in [2.24, 2.45) is 11.8 Å². The summed E-state index contributed by atoms with van der Waals surface area (Å²) in [6.45, 7) is 17.8. The monoisotopic (exact) mass is 846 g/mol. The van der Waals surface area contributed by atoms with Crippen LogP contribution in [0.25, 0.3) is 21.8 Å². The first-order valence-corrected chi connectivity index (χ1v) is 20.8. The molecule has 4 aromatic rings. The summed E-state index contributed by atoms with van der Waals surface area (Å²) < 4.78 is 33.7. The fraction of sp³-hybridized carbons (Fsp3) is 0.600. The lowest BCUT2D eigenvalue weighted by atomic mass is 9.97. The highest BCUT2D eigenvalue weighted by Crippen LogP contribution is 2.32. The zero-order chi connectivity index (χ0) is 37.7. The third-order valence-electron chi connectivity index (χ3n) is 10.6. The van der Waals surface area contributed by atoms with Crippen molar-refractivity contribution in [3.63, 3.8) is 0 Å². The molecule has 2 aromatic carbocycles. The van der Waals surface area contributed by atoms with Gasteiger partial charge in [-0.2, -0.15) is 0 Å². The average Bonchev–Trinajstić information content (AvgIpc) is 3.10. The molecule has 8 nitrogen and oxygen atoms in total. The van der Waals surface area contributed by atoms with Crippen LogP contribution in [0.2, 0.25) is 0 Å². The first-order chi connectivity index (χ1) is 24.9. The lowest BCUT2D eigenvalue weighted by Gasteiger charge is -2.37. The van der Waals surface area contributed by atoms with Crippen LogP contribution in [0.5, 0.6) is 0 Å². The molecule has 0 N–H and O–H groups in total. The van der Waals surface area contributed by atoms with Crippen LogP contribution < -0.4 is 11.1 Å². The summed E-state index contributed by atoms with van der Waals surface area (Å²) in [6.07, 6.45) is 8.63. The quantitative estimate of drug-likeness (QED) is 0.158. The molecule has 0 saturated carbocycles. The van der Waals surface area contributed by atoms with Gasteiger partial charge in [0.2, 0.25) is 0 Å². The van der Waals surface area contributed by atoms with Gasteiger partial charge in [0.15, 0.2) is 11.6 Å². The van der Waals surface area contributed by atoms with Gasteiger partial charge in [-0.25, -0.2) is 18.7 Å². The standard InChI is InChI=1S/2C20H27BrFN3O/c2*1-4-7-17(24-9-6-8-13(3)12-24)19-23-18-15(20(26)25(19)5-2)10-14(21)11-16(18)22/h2*10-11,13,17H,4-9,12H2,1-3H3/t13-,17+;13-,17-/m11/s1. The number of likely N-dealkylation sites (tertiary alicyclic amines) is 2. The maximum atomic E-state index is 14.5. The summed E-state index contributed by atoms with van der Waals surface area (Å²) in [5.41, 5.74) is 0.0610. The number of hydrogen-bond donors (Lipinski definition) is 0. The van der Waals surface area contributed by atoms with Crippen molar-refractivity contribution in [1.29, 1.82) is 0 Å². The van der Waals surface area contributed by atoms with E-state index >= 15 is 0 Å². The van der Waals surface area contributed by atoms with Gasteiger partial charge < -0.3 is 0 Å². The van der Waals surface area contributed by atoms with E-state index in [2.05, 4.69) is 69.4 Å². The van der Waals surface area contributed by atoms with Crippen LogP contribution in [0.1, 0.15) is 117 Å². The third-order valence-corrected chi connectivity index (χ3v) is 11.5. The molecule has 2 saturated heterocycles. The SMILES string of the molecule is CCC[C@@H](c1nc2c(F)cc(Br)cc2c(=O)n1CC)N1CCC[C@@H](C)C1.CCC[C@H](c1nc2c(F)cc(Br)cc2c(=O)n1CC)N1CCC[C@@H](C)C1. The van der Waals surface area contributed by atoms with Crippen LogP contribution in [-0.2, 0) is 13.1 Å². The summed E-state index contributed by atoms with van der Waals surface area (Å²) in [4.78, 5) is 40.4. The van der Waals surface area contributed by atoms with Gasteiger partial charge in [0.05, 0.1) is 22.9 Å². The molecule has 0 spiro atoms. The van der Waals surface area contributed by atoms with Crippen LogP contribution in [0.15, 0.2) is 42.8 Å². The molecule has 0 bridgehead atoms. The summed E-state index contributed by atoms with van der Waals surface area (Å²) in [5.74, 6) is 1.80. The lowest BCUT2D eigenvalue weighted by molar-refractivity contribution is 0.114. The van der Waals surface area contributed by atoms with Crippen LogP contribution in [0, 0.1) is 23.5 Å². The van der Waals surface area contributed by atoms with Crippen molar-refractivity contribution >= 4 is 53.7 Å². The molecule has 4 heterocycles. The molecular formula is C40H54Br2F2N6O2. The van der Waals surface area contributed by atoms with E-state index in [0.717, 1.165) is 64.7 Å². The molecule has 2 fully saturated rings. The van der Waals surface area contributed by atoms with Crippen LogP contribution in [-0.4, -0.2) is 55.1 Å². The predicted octanol–water partition coefficient (Wildman–Crippen LogP) is 9.78. The zero-order valence-corrected chi connectivity index (χ0v) is 34.7. The van der Waals surface area contributed by atoms with E-state index in [4.69, 9.17) is 9.97 Å². The summed E-state index contributed by atoms with van der Waals surface area (Å²) in [7, 11) is 0. The maximum Gasteiger partial charge on any atom is 0.261 e. The van der Waals surface area contributed by atoms with Crippen molar-refractivity contribution in [3.05, 3.63) is 77.2 Å². The number of aromatic nitrogens is 4. The minimum absolute atomic E-state index is 0.0582. The highest BCUT2D eigenvalue weighted by molar-refractivity contribution is 9.10. The summed E-state index contributed by atoms with van der Waals surface area (Å²) >= 11 is 6.56. The Morgan fingerprint density at radius 3 is 1.40 bits per heavy atom. The first kappa shape index (κ1) is 40.6. The minimum atomic E-state index is -0.446. The molecule has 0 aliphatic carbocycles. The van der Waals surface area contributed by atoms with Gasteiger partial charge in [-0.05, 0) is 102 Å². The Labute approximate surface area is 323 Å². The van der Waals surface area contributed by atoms with Crippen molar-refractivity contribution in [2.45, 2.75) is 118 Å². The molecule has 4 atom stereocenters. The van der Waals surface area contributed by atoms with E-state index in [9.17, 15) is 18.4 Å². The second-order valence-electron chi connectivity index (χ2n) is 14.7. The van der Waals surface area contributed by atoms with Gasteiger partial charge >= 0.3 is 0 Å². The highest BCUT2D eigenvalue weighted by atomic mass is 79.9. The number of benzene rings is 2. The largest absolute Gasteiger partial charge is 0.295 e. The summed E-state index contributed by atoms with van der Waals surface area (Å²) in [5, 5.41) is 0.675. The van der Waals surface area contributed by atoms with Crippen LogP contribution in [0.3, 0.4) is 0 Å². The van der Waals surface area contributed by atoms with Gasteiger partial charge in [0, 0.05) is 35.1 Å². The van der Waals surface area contributed by atoms with E-state index in [0.29, 0.717) is 56.3 Å². The fourth-order valence-electron chi connectivity index (χ4n) is 8.17. The number of hydrogen-bond acceptors (Lipinski definition) is 6. The molecule has 0 radical (unpaired) electrons. The normalized spacial score (nSPS) is 19.8. The molecule has 0 amide bonds. The van der Waals surface area contributed by atoms with Crippen molar-refractivity contribution in [2.75, 3.05) is 26.2 Å². The molecule has 2 aromatic heterocycles. The molecule has 2 aliphatic rings. The number of nitrogens with zero attached hydrogens (tertiary/aromatic N) is 6. The number of piperidine rings is 2. The van der Waals surface area contributed by atoms with Gasteiger partial charge in [-0.15, -0.1) is 0 Å². The van der Waals surface area contributed by atoms with Crippen molar-refractivity contribution < 1.29 is 8.78 Å². The third kappa shape index (κ3) is 8.87. The average molecular weight is 849 g/mol. The lowest BCUT2D eigenvalue weighted by Crippen LogP contribution is -2.40. The molecular weight excluding hydrogens is 794 g/mol. The Morgan fingerprint density at radius 2 is 1.08 bits per heavy atom. The second kappa shape index (κ2) is 18.2. The van der Waals surface area contributed by atoms with Crippen molar-refractivity contribution in [1.82, 2.24) is 28.9 Å². The van der Waals surface area contributed by atoms with Gasteiger partial charge in [0.25, 0.3) is 11.1 Å². The molecule has 0 unspecified atom stereocenters. The molecule has 284 valence electrons. The van der Waals surface area contributed by atoms with Gasteiger partial charge in [-0.3, -0.25) is 28.5 Å². The molecule has 2 aliphatic heterocycles. The predicted molar refractivity (Wildman–Crippen MR) is 214 cm³/mol. The Kier molecular flexibility index (Phi) is 14.2. The minimum Gasteiger partial charge on any atom is -0.295 e. The van der Waals surface area contributed by atoms with E-state index in [1.807, 2.05) is 13.8 Å². The smallest absolute Gasteiger partial charge is 0.261 e. The molecule has 12 heteroatoms. The van der Waals surface area contributed by atoms with E-state index in [1.54, 1.807) is 21.3 Å². The first-order valence-electron chi connectivity index (χ1n) is 19.2. The van der Waals surface area contributed by atoms with Gasteiger partial charge in [0.1, 0.15) is 22.7 Å². The van der Waals surface area contributed by atoms with E-state index < -0.39 is 11.6 Å². The molecule has 52 heavy (non-hydrogen) atoms. The number of fused-ring (bicyclic) bond motifs is 2. The Bertz CT molecular complexity index is 1840. The molecule has 6 rings (SSSR count). The number of halogens is 4. The van der Waals surface area contributed by atoms with Crippen LogP contribution in [0.4, 0.5) is 8.78 Å². The van der Waals surface area contributed by atoms with Crippen molar-refractivity contribution in [3.8, 4) is 0 Å². The van der Waals surface area contributed by atoms with Gasteiger partial charge in [-0.1, -0.05) is 72.4 Å². The topological polar surface area (TPSA) is 76.3 Å². The number of rotatable bonds is 10. The Balaban J connectivity index is 0.000000201. The van der Waals surface area contributed by atoms with E-state index in [1.165, 1.54) is 25.0 Å². The summed E-state index contributed by atoms with van der Waals surface area (Å²) in [6, 6.07) is 6.22. The second-order valence-corrected chi connectivity index (χ2v) is 16.5. The Hall–Kier alpha value is -2.54. The fourth-order valence-corrected chi connectivity index (χ4v) is 9.03.